The molecule has 34 heavy (non-hydrogen) atoms. The van der Waals surface area contributed by atoms with Crippen molar-refractivity contribution in [2.45, 2.75) is 39.7 Å². The molecule has 1 aromatic heterocycles. The second-order valence-corrected chi connectivity index (χ2v) is 9.10. The van der Waals surface area contributed by atoms with Gasteiger partial charge in [-0.15, -0.1) is 0 Å². The van der Waals surface area contributed by atoms with E-state index in [1.54, 1.807) is 34.4 Å². The molecule has 0 fully saturated rings. The Morgan fingerprint density at radius 3 is 2.68 bits per heavy atom. The first-order valence-corrected chi connectivity index (χ1v) is 11.4. The number of carbonyl (C=O) groups excluding carboxylic acids is 1. The highest BCUT2D eigenvalue weighted by molar-refractivity contribution is 6.19. The molecule has 0 saturated carbocycles. The van der Waals surface area contributed by atoms with E-state index in [-0.39, 0.29) is 23.6 Å². The van der Waals surface area contributed by atoms with Crippen LogP contribution in [0.15, 0.2) is 63.8 Å². The Bertz CT molecular complexity index is 1160. The van der Waals surface area contributed by atoms with Crippen molar-refractivity contribution < 1.29 is 19.0 Å². The van der Waals surface area contributed by atoms with Crippen molar-refractivity contribution in [3.05, 3.63) is 75.5 Å². The van der Waals surface area contributed by atoms with Gasteiger partial charge in [0.1, 0.15) is 17.0 Å². The van der Waals surface area contributed by atoms with E-state index in [0.717, 1.165) is 23.1 Å². The van der Waals surface area contributed by atoms with Crippen LogP contribution in [-0.2, 0) is 14.2 Å². The predicted molar refractivity (Wildman–Crippen MR) is 134 cm³/mol. The minimum absolute atomic E-state index is 0.0155. The van der Waals surface area contributed by atoms with Crippen LogP contribution >= 0.6 is 0 Å². The van der Waals surface area contributed by atoms with E-state index in [9.17, 15) is 9.59 Å². The summed E-state index contributed by atoms with van der Waals surface area (Å²) in [6.07, 6.45) is 8.82. The zero-order chi connectivity index (χ0) is 25.0. The minimum Gasteiger partial charge on any atom is -0.494 e. The molecule has 182 valence electrons. The van der Waals surface area contributed by atoms with Gasteiger partial charge >= 0.3 is 5.97 Å². The molecule has 7 heteroatoms. The maximum atomic E-state index is 13.1. The summed E-state index contributed by atoms with van der Waals surface area (Å²) in [5.41, 5.74) is 3.26. The molecule has 1 unspecified atom stereocenters. The molecular weight excluding hydrogens is 432 g/mol. The van der Waals surface area contributed by atoms with Crippen LogP contribution in [-0.4, -0.2) is 50.7 Å². The molecule has 7 nitrogen and oxygen atoms in total. The fraction of sp³-hybridized carbons (Fsp3) is 0.444. The molecule has 3 rings (SSSR count). The Labute approximate surface area is 201 Å². The van der Waals surface area contributed by atoms with Gasteiger partial charge in [-0.3, -0.25) is 9.79 Å². The first kappa shape index (κ1) is 25.4. The molecule has 1 aromatic rings. The molecule has 0 bridgehead atoms. The number of esters is 1. The molecular formula is C27H34N2O5. The number of allylic oxidation sites excluding steroid dienone is 6. The van der Waals surface area contributed by atoms with Crippen molar-refractivity contribution >= 4 is 17.3 Å². The number of nitrogens with zero attached hydrogens (tertiary/aromatic N) is 2. The summed E-state index contributed by atoms with van der Waals surface area (Å²) in [7, 11) is 4.99. The van der Waals surface area contributed by atoms with E-state index in [2.05, 4.69) is 25.4 Å². The van der Waals surface area contributed by atoms with E-state index >= 15 is 0 Å². The summed E-state index contributed by atoms with van der Waals surface area (Å²) in [5.74, 6) is 0.0131. The van der Waals surface area contributed by atoms with E-state index in [1.807, 2.05) is 22.8 Å². The Balaban J connectivity index is 2.38. The summed E-state index contributed by atoms with van der Waals surface area (Å²) in [6, 6.07) is 1.46. The number of carbonyl (C=O) groups is 1. The van der Waals surface area contributed by atoms with Crippen LogP contribution in [0.3, 0.4) is 0 Å². The molecule has 1 aliphatic heterocycles. The van der Waals surface area contributed by atoms with Crippen LogP contribution < -0.4 is 5.43 Å². The van der Waals surface area contributed by atoms with Crippen LogP contribution in [0.2, 0.25) is 0 Å². The number of aromatic nitrogens is 1. The van der Waals surface area contributed by atoms with Gasteiger partial charge in [0.25, 0.3) is 0 Å². The number of hydrogen-bond acceptors (Lipinski definition) is 6. The van der Waals surface area contributed by atoms with E-state index in [4.69, 9.17) is 14.2 Å². The van der Waals surface area contributed by atoms with E-state index in [1.165, 1.54) is 6.07 Å². The largest absolute Gasteiger partial charge is 0.494 e. The lowest BCUT2D eigenvalue weighted by molar-refractivity contribution is 0.0514. The topological polar surface area (TPSA) is 79.1 Å². The highest BCUT2D eigenvalue weighted by Gasteiger charge is 2.36. The molecule has 1 aliphatic carbocycles. The average Bonchev–Trinajstić information content (AvgIpc) is 2.93. The second kappa shape index (κ2) is 10.4. The lowest BCUT2D eigenvalue weighted by atomic mass is 9.82. The molecule has 2 heterocycles. The fourth-order valence-electron chi connectivity index (χ4n) is 4.81. The van der Waals surface area contributed by atoms with Crippen molar-refractivity contribution in [1.82, 2.24) is 4.57 Å². The lowest BCUT2D eigenvalue weighted by Crippen LogP contribution is -2.33. The zero-order valence-electron chi connectivity index (χ0n) is 20.9. The van der Waals surface area contributed by atoms with E-state index < -0.39 is 11.4 Å². The maximum absolute atomic E-state index is 13.1. The first-order valence-electron chi connectivity index (χ1n) is 11.4. The number of pyridine rings is 1. The SMILES string of the molecule is C=C1CCC(C(C)(C)COC)n2cc(C(=O)OCC)c(=O)cc2/C1=C1\C=CC=C(OC)C1=NC. The van der Waals surface area contributed by atoms with Gasteiger partial charge in [-0.1, -0.05) is 32.6 Å². The van der Waals surface area contributed by atoms with Crippen LogP contribution in [0, 0.1) is 5.41 Å². The summed E-state index contributed by atoms with van der Waals surface area (Å²) in [6.45, 7) is 11.1. The molecule has 0 N–H and O–H groups in total. The number of rotatable bonds is 6. The van der Waals surface area contributed by atoms with Gasteiger partial charge < -0.3 is 18.8 Å². The summed E-state index contributed by atoms with van der Waals surface area (Å²) in [4.78, 5) is 30.2. The summed E-state index contributed by atoms with van der Waals surface area (Å²) < 4.78 is 18.3. The molecule has 0 radical (unpaired) electrons. The standard InChI is InChI=1S/C27H34N2O5/c1-8-34-26(31)19-15-29-20(14-21(19)30)24(18-10-9-11-22(33-7)25(18)28-5)17(2)12-13-23(29)27(3,4)16-32-6/h9-11,14-15,23H,2,8,12-13,16H2,1,3-7H3/b24-18+,28-25?. The normalized spacial score (nSPS) is 21.7. The number of hydrogen-bond donors (Lipinski definition) is 0. The van der Waals surface area contributed by atoms with E-state index in [0.29, 0.717) is 30.2 Å². The van der Waals surface area contributed by atoms with Gasteiger partial charge in [0.2, 0.25) is 0 Å². The predicted octanol–water partition coefficient (Wildman–Crippen LogP) is 4.51. The number of methoxy groups -OCH3 is 2. The second-order valence-electron chi connectivity index (χ2n) is 9.10. The third-order valence-electron chi connectivity index (χ3n) is 6.37. The van der Waals surface area contributed by atoms with Crippen molar-refractivity contribution in [3.8, 4) is 0 Å². The third kappa shape index (κ3) is 4.71. The molecule has 2 aliphatic rings. The van der Waals surface area contributed by atoms with Crippen molar-refractivity contribution in [1.29, 1.82) is 0 Å². The molecule has 1 atom stereocenters. The van der Waals surface area contributed by atoms with Gasteiger partial charge in [-0.25, -0.2) is 4.79 Å². The van der Waals surface area contributed by atoms with Crippen LogP contribution in [0.1, 0.15) is 55.7 Å². The highest BCUT2D eigenvalue weighted by atomic mass is 16.5. The number of fused-ring (bicyclic) bond motifs is 1. The fourth-order valence-corrected chi connectivity index (χ4v) is 4.81. The van der Waals surface area contributed by atoms with Crippen LogP contribution in [0.4, 0.5) is 0 Å². The monoisotopic (exact) mass is 466 g/mol. The van der Waals surface area contributed by atoms with Crippen LogP contribution in [0.5, 0.6) is 0 Å². The highest BCUT2D eigenvalue weighted by Crippen LogP contribution is 2.44. The van der Waals surface area contributed by atoms with Gasteiger partial charge in [0.15, 0.2) is 5.43 Å². The Morgan fingerprint density at radius 1 is 1.32 bits per heavy atom. The molecule has 0 saturated heterocycles. The number of ether oxygens (including phenoxy) is 3. The summed E-state index contributed by atoms with van der Waals surface area (Å²) in [5, 5.41) is 0. The molecule has 0 aromatic carbocycles. The Kier molecular flexibility index (Phi) is 7.77. The molecule has 0 amide bonds. The first-order chi connectivity index (χ1) is 16.2. The zero-order valence-corrected chi connectivity index (χ0v) is 20.9. The van der Waals surface area contributed by atoms with Gasteiger partial charge in [0, 0.05) is 49.0 Å². The minimum atomic E-state index is -0.624. The van der Waals surface area contributed by atoms with Gasteiger partial charge in [0.05, 0.1) is 26.0 Å². The third-order valence-corrected chi connectivity index (χ3v) is 6.37. The maximum Gasteiger partial charge on any atom is 0.343 e. The van der Waals surface area contributed by atoms with Crippen molar-refractivity contribution in [2.75, 3.05) is 34.5 Å². The van der Waals surface area contributed by atoms with Crippen molar-refractivity contribution in [3.63, 3.8) is 0 Å². The van der Waals surface area contributed by atoms with Crippen molar-refractivity contribution in [2.24, 2.45) is 10.4 Å². The lowest BCUT2D eigenvalue weighted by Gasteiger charge is -2.36. The molecule has 0 spiro atoms. The quantitative estimate of drug-likeness (QED) is 0.576. The summed E-state index contributed by atoms with van der Waals surface area (Å²) >= 11 is 0. The van der Waals surface area contributed by atoms with Gasteiger partial charge in [-0.2, -0.15) is 0 Å². The number of aliphatic imine (C=N–C) groups is 1. The van der Waals surface area contributed by atoms with Crippen LogP contribution in [0.25, 0.3) is 5.57 Å². The Morgan fingerprint density at radius 2 is 2.06 bits per heavy atom. The smallest absolute Gasteiger partial charge is 0.343 e. The Hall–Kier alpha value is -3.19. The van der Waals surface area contributed by atoms with Gasteiger partial charge in [-0.05, 0) is 31.4 Å². The average molecular weight is 467 g/mol.